The lowest BCUT2D eigenvalue weighted by molar-refractivity contribution is -0.113. The summed E-state index contributed by atoms with van der Waals surface area (Å²) in [5, 5.41) is 11.9. The van der Waals surface area contributed by atoms with Gasteiger partial charge in [-0.2, -0.15) is 0 Å². The van der Waals surface area contributed by atoms with Crippen molar-refractivity contribution in [3.63, 3.8) is 0 Å². The van der Waals surface area contributed by atoms with Gasteiger partial charge in [-0.1, -0.05) is 36.2 Å². The molecule has 0 atom stereocenters. The zero-order valence-corrected chi connectivity index (χ0v) is 18.5. The van der Waals surface area contributed by atoms with E-state index in [-0.39, 0.29) is 11.7 Å². The molecule has 0 radical (unpaired) electrons. The summed E-state index contributed by atoms with van der Waals surface area (Å²) < 4.78 is 9.21. The summed E-state index contributed by atoms with van der Waals surface area (Å²) in [7, 11) is 0. The molecule has 0 aliphatic heterocycles. The number of amides is 1. The van der Waals surface area contributed by atoms with E-state index >= 15 is 0 Å². The Morgan fingerprint density at radius 1 is 1.07 bits per heavy atom. The Kier molecular flexibility index (Phi) is 7.33. The van der Waals surface area contributed by atoms with Crippen LogP contribution in [0.3, 0.4) is 0 Å². The Hall–Kier alpha value is -2.00. The van der Waals surface area contributed by atoms with Gasteiger partial charge < -0.3 is 9.73 Å². The molecule has 3 aromatic rings. The van der Waals surface area contributed by atoms with E-state index in [1.54, 1.807) is 36.2 Å². The highest BCUT2D eigenvalue weighted by Gasteiger charge is 2.15. The van der Waals surface area contributed by atoms with Gasteiger partial charge in [0.1, 0.15) is 0 Å². The first-order valence-electron chi connectivity index (χ1n) is 9.70. The fourth-order valence-electron chi connectivity index (χ4n) is 3.10. The SMILES string of the molecule is O=C(CSc1nnc(-c2ccc(SNC3CCCC3)cc2)o1)Nc1ccc(Cl)cc1. The number of anilines is 1. The van der Waals surface area contributed by atoms with Gasteiger partial charge in [0.2, 0.25) is 11.8 Å². The van der Waals surface area contributed by atoms with E-state index in [1.165, 1.54) is 37.4 Å². The van der Waals surface area contributed by atoms with Crippen LogP contribution in [-0.2, 0) is 4.79 Å². The molecule has 2 aromatic carbocycles. The maximum absolute atomic E-state index is 12.1. The standard InChI is InChI=1S/C21H21ClN4O2S2/c22-15-7-9-16(10-8-15)23-19(27)13-29-21-25-24-20(28-21)14-5-11-18(12-6-14)30-26-17-3-1-2-4-17/h5-12,17,26H,1-4,13H2,(H,23,27). The molecule has 1 aromatic heterocycles. The Morgan fingerprint density at radius 3 is 2.53 bits per heavy atom. The molecule has 2 N–H and O–H groups in total. The van der Waals surface area contributed by atoms with Crippen molar-refractivity contribution in [2.75, 3.05) is 11.1 Å². The molecule has 0 saturated heterocycles. The lowest BCUT2D eigenvalue weighted by atomic mass is 10.2. The Balaban J connectivity index is 1.26. The number of carbonyl (C=O) groups excluding carboxylic acids is 1. The van der Waals surface area contributed by atoms with E-state index < -0.39 is 0 Å². The number of hydrogen-bond acceptors (Lipinski definition) is 7. The van der Waals surface area contributed by atoms with Gasteiger partial charge in [-0.3, -0.25) is 9.52 Å². The fraction of sp³-hybridized carbons (Fsp3) is 0.286. The van der Waals surface area contributed by atoms with Gasteiger partial charge in [0, 0.05) is 27.2 Å². The molecule has 30 heavy (non-hydrogen) atoms. The summed E-state index contributed by atoms with van der Waals surface area (Å²) in [6.45, 7) is 0. The van der Waals surface area contributed by atoms with Crippen LogP contribution >= 0.6 is 35.3 Å². The highest BCUT2D eigenvalue weighted by molar-refractivity contribution is 7.99. The van der Waals surface area contributed by atoms with E-state index in [4.69, 9.17) is 16.0 Å². The first-order chi connectivity index (χ1) is 14.7. The van der Waals surface area contributed by atoms with Crippen molar-refractivity contribution in [3.05, 3.63) is 53.6 Å². The van der Waals surface area contributed by atoms with Gasteiger partial charge in [-0.25, -0.2) is 0 Å². The van der Waals surface area contributed by atoms with Crippen molar-refractivity contribution in [2.45, 2.75) is 41.8 Å². The van der Waals surface area contributed by atoms with Gasteiger partial charge in [0.05, 0.1) is 5.75 Å². The second kappa shape index (κ2) is 10.3. The van der Waals surface area contributed by atoms with Crippen LogP contribution in [0.25, 0.3) is 11.5 Å². The number of halogens is 1. The van der Waals surface area contributed by atoms with Crippen molar-refractivity contribution in [1.82, 2.24) is 14.9 Å². The number of nitrogens with one attached hydrogen (secondary N) is 2. The lowest BCUT2D eigenvalue weighted by Crippen LogP contribution is -2.18. The third-order valence-corrected chi connectivity index (χ3v) is 6.69. The van der Waals surface area contributed by atoms with E-state index in [9.17, 15) is 4.79 Å². The summed E-state index contributed by atoms with van der Waals surface area (Å²) in [5.74, 6) is 0.460. The highest BCUT2D eigenvalue weighted by Crippen LogP contribution is 2.27. The van der Waals surface area contributed by atoms with Gasteiger partial charge in [0.15, 0.2) is 0 Å². The summed E-state index contributed by atoms with van der Waals surface area (Å²) in [4.78, 5) is 13.2. The number of rotatable bonds is 8. The number of aromatic nitrogens is 2. The van der Waals surface area contributed by atoms with E-state index in [0.29, 0.717) is 27.9 Å². The first-order valence-corrected chi connectivity index (χ1v) is 11.9. The lowest BCUT2D eigenvalue weighted by Gasteiger charge is -2.10. The Bertz CT molecular complexity index is 973. The number of nitrogens with zero attached hydrogens (tertiary/aromatic N) is 2. The average molecular weight is 461 g/mol. The summed E-state index contributed by atoms with van der Waals surface area (Å²) in [6.07, 6.45) is 5.14. The summed E-state index contributed by atoms with van der Waals surface area (Å²) in [6, 6.07) is 15.6. The second-order valence-corrected chi connectivity index (χ2v) is 9.22. The molecule has 6 nitrogen and oxygen atoms in total. The van der Waals surface area contributed by atoms with Gasteiger partial charge in [0.25, 0.3) is 5.22 Å². The topological polar surface area (TPSA) is 80.1 Å². The number of hydrogen-bond donors (Lipinski definition) is 2. The molecule has 0 bridgehead atoms. The molecule has 4 rings (SSSR count). The minimum atomic E-state index is -0.154. The van der Waals surface area contributed by atoms with Crippen LogP contribution < -0.4 is 10.0 Å². The van der Waals surface area contributed by atoms with Gasteiger partial charge >= 0.3 is 0 Å². The van der Waals surface area contributed by atoms with Crippen LogP contribution in [0.5, 0.6) is 0 Å². The molecule has 1 saturated carbocycles. The van der Waals surface area contributed by atoms with E-state index in [2.05, 4.69) is 20.2 Å². The second-order valence-electron chi connectivity index (χ2n) is 6.94. The molecule has 1 aliphatic rings. The maximum atomic E-state index is 12.1. The summed E-state index contributed by atoms with van der Waals surface area (Å²) >= 11 is 8.71. The van der Waals surface area contributed by atoms with E-state index in [0.717, 1.165) is 10.5 Å². The normalized spacial score (nSPS) is 14.2. The first kappa shape index (κ1) is 21.2. The van der Waals surface area contributed by atoms with Crippen LogP contribution in [-0.4, -0.2) is 27.9 Å². The third kappa shape index (κ3) is 6.01. The van der Waals surface area contributed by atoms with Gasteiger partial charge in [-0.15, -0.1) is 10.2 Å². The van der Waals surface area contributed by atoms with Crippen molar-refractivity contribution < 1.29 is 9.21 Å². The number of carbonyl (C=O) groups is 1. The summed E-state index contributed by atoms with van der Waals surface area (Å²) in [5.41, 5.74) is 1.54. The predicted molar refractivity (Wildman–Crippen MR) is 122 cm³/mol. The minimum absolute atomic E-state index is 0.154. The largest absolute Gasteiger partial charge is 0.411 e. The Labute approximate surface area is 188 Å². The molecule has 1 heterocycles. The zero-order valence-electron chi connectivity index (χ0n) is 16.1. The molecule has 156 valence electrons. The molecule has 9 heteroatoms. The number of thioether (sulfide) groups is 1. The van der Waals surface area contributed by atoms with Crippen LogP contribution in [0.15, 0.2) is 63.1 Å². The Morgan fingerprint density at radius 2 is 1.80 bits per heavy atom. The maximum Gasteiger partial charge on any atom is 0.277 e. The van der Waals surface area contributed by atoms with Crippen molar-refractivity contribution in [1.29, 1.82) is 0 Å². The van der Waals surface area contributed by atoms with Crippen molar-refractivity contribution in [3.8, 4) is 11.5 Å². The predicted octanol–water partition coefficient (Wildman–Crippen LogP) is 5.66. The van der Waals surface area contributed by atoms with Crippen LogP contribution in [0.2, 0.25) is 5.02 Å². The van der Waals surface area contributed by atoms with Crippen molar-refractivity contribution >= 4 is 46.9 Å². The third-order valence-electron chi connectivity index (χ3n) is 4.66. The molecule has 1 amide bonds. The van der Waals surface area contributed by atoms with Crippen LogP contribution in [0.4, 0.5) is 5.69 Å². The molecule has 0 spiro atoms. The fourth-order valence-corrected chi connectivity index (χ4v) is 4.60. The highest BCUT2D eigenvalue weighted by atomic mass is 35.5. The average Bonchev–Trinajstić information content (AvgIpc) is 3.45. The van der Waals surface area contributed by atoms with Crippen LogP contribution in [0, 0.1) is 0 Å². The molecule has 1 aliphatic carbocycles. The van der Waals surface area contributed by atoms with E-state index in [1.807, 2.05) is 24.3 Å². The van der Waals surface area contributed by atoms with Crippen LogP contribution in [0.1, 0.15) is 25.7 Å². The number of benzene rings is 2. The molecule has 0 unspecified atom stereocenters. The zero-order chi connectivity index (χ0) is 20.8. The monoisotopic (exact) mass is 460 g/mol. The molecular formula is C21H21ClN4O2S2. The molecular weight excluding hydrogens is 440 g/mol. The van der Waals surface area contributed by atoms with Crippen molar-refractivity contribution in [2.24, 2.45) is 0 Å². The van der Waals surface area contributed by atoms with Gasteiger partial charge in [-0.05, 0) is 73.3 Å². The smallest absolute Gasteiger partial charge is 0.277 e. The molecule has 1 fully saturated rings. The minimum Gasteiger partial charge on any atom is -0.411 e. The quantitative estimate of drug-likeness (QED) is 0.331.